The average Bonchev–Trinajstić information content (AvgIpc) is 2.73. The van der Waals surface area contributed by atoms with Crippen LogP contribution in [0, 0.1) is 0 Å². The molecule has 32 heavy (non-hydrogen) atoms. The van der Waals surface area contributed by atoms with E-state index in [0.29, 0.717) is 11.4 Å². The lowest BCUT2D eigenvalue weighted by Crippen LogP contribution is -2.30. The second-order valence-corrected chi connectivity index (χ2v) is 11.3. The molecule has 0 heterocycles. The predicted octanol–water partition coefficient (Wildman–Crippen LogP) is 6.52. The van der Waals surface area contributed by atoms with E-state index in [0.717, 1.165) is 70.4 Å². The van der Waals surface area contributed by atoms with E-state index in [1.165, 1.54) is 6.26 Å². The highest BCUT2D eigenvalue weighted by atomic mass is 79.9. The maximum Gasteiger partial charge on any atom is 0.175 e. The molecular formula is C25H33BrClNO3S. The molecule has 0 bridgehead atoms. The lowest BCUT2D eigenvalue weighted by atomic mass is 9.94. The molecule has 0 saturated heterocycles. The third kappa shape index (κ3) is 6.45. The Bertz CT molecular complexity index is 1160. The number of fused-ring (bicyclic) bond motifs is 3. The summed E-state index contributed by atoms with van der Waals surface area (Å²) < 4.78 is 25.3. The third-order valence-corrected chi connectivity index (χ3v) is 7.39. The van der Waals surface area contributed by atoms with Crippen LogP contribution in [0.25, 0.3) is 21.5 Å². The van der Waals surface area contributed by atoms with Crippen molar-refractivity contribution in [2.24, 2.45) is 0 Å². The molecule has 3 aromatic carbocycles. The molecule has 4 nitrogen and oxygen atoms in total. The molecule has 0 fully saturated rings. The van der Waals surface area contributed by atoms with Crippen LogP contribution < -0.4 is 0 Å². The van der Waals surface area contributed by atoms with E-state index in [-0.39, 0.29) is 12.4 Å². The van der Waals surface area contributed by atoms with Gasteiger partial charge in [0.25, 0.3) is 0 Å². The molecule has 176 valence electrons. The van der Waals surface area contributed by atoms with Gasteiger partial charge in [0, 0.05) is 17.3 Å². The fourth-order valence-electron chi connectivity index (χ4n) is 4.05. The van der Waals surface area contributed by atoms with Gasteiger partial charge in [0.05, 0.1) is 11.0 Å². The van der Waals surface area contributed by atoms with Crippen molar-refractivity contribution in [3.63, 3.8) is 0 Å². The Morgan fingerprint density at radius 2 is 1.56 bits per heavy atom. The molecule has 0 aliphatic heterocycles. The second kappa shape index (κ2) is 11.8. The van der Waals surface area contributed by atoms with Gasteiger partial charge in [0.1, 0.15) is 0 Å². The fourth-order valence-corrected chi connectivity index (χ4v) is 5.07. The van der Waals surface area contributed by atoms with Gasteiger partial charge in [0.2, 0.25) is 0 Å². The number of hydrogen-bond acceptors (Lipinski definition) is 4. The molecule has 0 aliphatic rings. The van der Waals surface area contributed by atoms with Crippen LogP contribution in [0.2, 0.25) is 0 Å². The standard InChI is InChI=1S/C25H32BrNO3S.ClH/c1-4-6-12-27(13-7-5-2)17-25(28)24-15-18-14-19(26)8-10-21(18)23-16-20(31(3,29)30)9-11-22(23)24;/h8-11,14-16,25,28H,4-7,12-13,17H2,1-3H3;1H. The molecule has 3 rings (SSSR count). The van der Waals surface area contributed by atoms with Crippen molar-refractivity contribution >= 4 is 59.7 Å². The Balaban J connectivity index is 0.00000363. The Labute approximate surface area is 206 Å². The van der Waals surface area contributed by atoms with E-state index in [1.807, 2.05) is 30.3 Å². The highest BCUT2D eigenvalue weighted by Crippen LogP contribution is 2.35. The monoisotopic (exact) mass is 541 g/mol. The van der Waals surface area contributed by atoms with E-state index in [4.69, 9.17) is 0 Å². The Morgan fingerprint density at radius 1 is 0.938 bits per heavy atom. The zero-order valence-corrected chi connectivity index (χ0v) is 22.2. The molecular weight excluding hydrogens is 510 g/mol. The van der Waals surface area contributed by atoms with Gasteiger partial charge in [-0.15, -0.1) is 12.4 Å². The maximum absolute atomic E-state index is 12.2. The van der Waals surface area contributed by atoms with Crippen LogP contribution in [-0.2, 0) is 9.84 Å². The first-order valence-corrected chi connectivity index (χ1v) is 13.7. The smallest absolute Gasteiger partial charge is 0.175 e. The number of rotatable bonds is 10. The number of unbranched alkanes of at least 4 members (excludes halogenated alkanes) is 2. The van der Waals surface area contributed by atoms with Crippen molar-refractivity contribution in [2.75, 3.05) is 25.9 Å². The van der Waals surface area contributed by atoms with Gasteiger partial charge >= 0.3 is 0 Å². The summed E-state index contributed by atoms with van der Waals surface area (Å²) in [5.41, 5.74) is 0.846. The van der Waals surface area contributed by atoms with Crippen LogP contribution in [0.15, 0.2) is 51.8 Å². The molecule has 1 atom stereocenters. The number of sulfone groups is 1. The van der Waals surface area contributed by atoms with E-state index in [9.17, 15) is 13.5 Å². The minimum atomic E-state index is -3.32. The lowest BCUT2D eigenvalue weighted by Gasteiger charge is -2.26. The van der Waals surface area contributed by atoms with Gasteiger partial charge in [-0.1, -0.05) is 54.8 Å². The van der Waals surface area contributed by atoms with Crippen molar-refractivity contribution in [2.45, 2.75) is 50.5 Å². The van der Waals surface area contributed by atoms with Crippen molar-refractivity contribution in [1.82, 2.24) is 4.90 Å². The molecule has 0 saturated carbocycles. The highest BCUT2D eigenvalue weighted by Gasteiger charge is 2.19. The van der Waals surface area contributed by atoms with Gasteiger partial charge in [-0.25, -0.2) is 8.42 Å². The summed E-state index contributed by atoms with van der Waals surface area (Å²) >= 11 is 3.53. The zero-order valence-electron chi connectivity index (χ0n) is 19.0. The Hall–Kier alpha value is -1.18. The first-order valence-electron chi connectivity index (χ1n) is 11.0. The average molecular weight is 543 g/mol. The topological polar surface area (TPSA) is 57.6 Å². The summed E-state index contributed by atoms with van der Waals surface area (Å²) in [5.74, 6) is 0. The van der Waals surface area contributed by atoms with Crippen molar-refractivity contribution in [3.05, 3.63) is 52.5 Å². The molecule has 1 N–H and O–H groups in total. The highest BCUT2D eigenvalue weighted by molar-refractivity contribution is 9.10. The first kappa shape index (κ1) is 27.1. The van der Waals surface area contributed by atoms with Gasteiger partial charge in [-0.2, -0.15) is 0 Å². The van der Waals surface area contributed by atoms with E-state index < -0.39 is 15.9 Å². The molecule has 3 aromatic rings. The molecule has 7 heteroatoms. The maximum atomic E-state index is 12.2. The number of aliphatic hydroxyl groups is 1. The molecule has 0 radical (unpaired) electrons. The second-order valence-electron chi connectivity index (χ2n) is 8.33. The molecule has 0 aromatic heterocycles. The molecule has 0 aliphatic carbocycles. The van der Waals surface area contributed by atoms with Gasteiger partial charge in [-0.05, 0) is 83.4 Å². The lowest BCUT2D eigenvalue weighted by molar-refractivity contribution is 0.112. The number of hydrogen-bond donors (Lipinski definition) is 1. The summed E-state index contributed by atoms with van der Waals surface area (Å²) in [6, 6.07) is 13.2. The quantitative estimate of drug-likeness (QED) is 0.296. The fraction of sp³-hybridized carbons (Fsp3) is 0.440. The predicted molar refractivity (Wildman–Crippen MR) is 141 cm³/mol. The number of halogens is 2. The van der Waals surface area contributed by atoms with Crippen LogP contribution in [0.4, 0.5) is 0 Å². The van der Waals surface area contributed by atoms with Crippen molar-refractivity contribution in [1.29, 1.82) is 0 Å². The summed E-state index contributed by atoms with van der Waals surface area (Å²) in [6.45, 7) is 6.89. The van der Waals surface area contributed by atoms with Crippen LogP contribution in [0.3, 0.4) is 0 Å². The normalized spacial score (nSPS) is 12.9. The molecule has 0 spiro atoms. The summed E-state index contributed by atoms with van der Waals surface area (Å²) in [5, 5.41) is 15.0. The summed E-state index contributed by atoms with van der Waals surface area (Å²) in [4.78, 5) is 2.64. The summed E-state index contributed by atoms with van der Waals surface area (Å²) in [7, 11) is -3.32. The van der Waals surface area contributed by atoms with Crippen molar-refractivity contribution in [3.8, 4) is 0 Å². The van der Waals surface area contributed by atoms with Crippen LogP contribution in [-0.4, -0.2) is 44.3 Å². The van der Waals surface area contributed by atoms with Crippen molar-refractivity contribution < 1.29 is 13.5 Å². The van der Waals surface area contributed by atoms with Gasteiger partial charge < -0.3 is 10.0 Å². The van der Waals surface area contributed by atoms with Crippen LogP contribution in [0.5, 0.6) is 0 Å². The molecule has 0 amide bonds. The Kier molecular flexibility index (Phi) is 9.98. The van der Waals surface area contributed by atoms with Gasteiger partial charge in [0.15, 0.2) is 9.84 Å². The summed E-state index contributed by atoms with van der Waals surface area (Å²) in [6.07, 6.45) is 5.05. The first-order chi connectivity index (χ1) is 14.7. The largest absolute Gasteiger partial charge is 0.387 e. The minimum absolute atomic E-state index is 0. The third-order valence-electron chi connectivity index (χ3n) is 5.79. The SMILES string of the molecule is CCCCN(CCCC)CC(O)c1cc2cc(Br)ccc2c2cc(S(C)(=O)=O)ccc12.Cl. The number of benzene rings is 3. The van der Waals surface area contributed by atoms with E-state index in [2.05, 4.69) is 34.7 Å². The minimum Gasteiger partial charge on any atom is -0.387 e. The molecule has 1 unspecified atom stereocenters. The Morgan fingerprint density at radius 3 is 2.16 bits per heavy atom. The number of aliphatic hydroxyl groups excluding tert-OH is 1. The zero-order chi connectivity index (χ0) is 22.6. The van der Waals surface area contributed by atoms with Gasteiger partial charge in [-0.3, -0.25) is 0 Å². The van der Waals surface area contributed by atoms with Crippen LogP contribution >= 0.6 is 28.3 Å². The van der Waals surface area contributed by atoms with E-state index in [1.54, 1.807) is 12.1 Å². The number of nitrogens with zero attached hydrogens (tertiary/aromatic N) is 1. The van der Waals surface area contributed by atoms with E-state index >= 15 is 0 Å². The van der Waals surface area contributed by atoms with Crippen LogP contribution in [0.1, 0.15) is 51.2 Å².